The van der Waals surface area contributed by atoms with Gasteiger partial charge in [-0.15, -0.1) is 0 Å². The molecule has 0 N–H and O–H groups in total. The Kier molecular flexibility index (Phi) is 7.89. The van der Waals surface area contributed by atoms with E-state index in [9.17, 15) is 0 Å². The summed E-state index contributed by atoms with van der Waals surface area (Å²) in [6.45, 7) is 7.67. The summed E-state index contributed by atoms with van der Waals surface area (Å²) in [7, 11) is -2.73. The standard InChI is InChI=1S/C25H36O2Si/c1-21(2)11-10-20-26-28(24-12-6-4-7-13-24,25-14-8-5-9-15-25)27-23-18-16-22(3)17-19-23/h4-9,12-15,21-23H,10-11,16-20H2,1-3H3. The van der Waals surface area contributed by atoms with Crippen LogP contribution in [0.5, 0.6) is 0 Å². The van der Waals surface area contributed by atoms with E-state index < -0.39 is 8.56 Å². The summed E-state index contributed by atoms with van der Waals surface area (Å²) in [4.78, 5) is 0. The first-order valence-electron chi connectivity index (χ1n) is 11.0. The third-order valence-electron chi connectivity index (χ3n) is 5.83. The summed E-state index contributed by atoms with van der Waals surface area (Å²) >= 11 is 0. The van der Waals surface area contributed by atoms with Crippen molar-refractivity contribution in [3.63, 3.8) is 0 Å². The maximum absolute atomic E-state index is 7.02. The number of hydrogen-bond donors (Lipinski definition) is 0. The highest BCUT2D eigenvalue weighted by Gasteiger charge is 2.45. The summed E-state index contributed by atoms with van der Waals surface area (Å²) in [5.41, 5.74) is 0. The van der Waals surface area contributed by atoms with E-state index in [-0.39, 0.29) is 0 Å². The summed E-state index contributed by atoms with van der Waals surface area (Å²) in [5.74, 6) is 1.52. The van der Waals surface area contributed by atoms with Gasteiger partial charge in [-0.05, 0) is 60.7 Å². The van der Waals surface area contributed by atoms with Crippen LogP contribution < -0.4 is 10.4 Å². The van der Waals surface area contributed by atoms with Crippen molar-refractivity contribution in [2.45, 2.75) is 65.4 Å². The van der Waals surface area contributed by atoms with Gasteiger partial charge in [0.25, 0.3) is 0 Å². The zero-order valence-electron chi connectivity index (χ0n) is 17.8. The molecule has 1 aliphatic rings. The summed E-state index contributed by atoms with van der Waals surface area (Å²) in [5, 5.41) is 2.45. The minimum Gasteiger partial charge on any atom is -0.388 e. The van der Waals surface area contributed by atoms with Crippen LogP contribution in [0.1, 0.15) is 59.3 Å². The van der Waals surface area contributed by atoms with Gasteiger partial charge in [-0.1, -0.05) is 81.4 Å². The lowest BCUT2D eigenvalue weighted by Crippen LogP contribution is -2.65. The van der Waals surface area contributed by atoms with Crippen molar-refractivity contribution in [2.24, 2.45) is 11.8 Å². The smallest absolute Gasteiger partial charge is 0.388 e. The predicted molar refractivity (Wildman–Crippen MR) is 120 cm³/mol. The third-order valence-corrected chi connectivity index (χ3v) is 9.30. The lowest BCUT2D eigenvalue weighted by Gasteiger charge is -2.37. The Hall–Kier alpha value is -1.42. The molecule has 2 aromatic rings. The molecule has 1 saturated carbocycles. The van der Waals surface area contributed by atoms with Crippen LogP contribution in [0, 0.1) is 11.8 Å². The van der Waals surface area contributed by atoms with Crippen molar-refractivity contribution in [2.75, 3.05) is 6.61 Å². The molecule has 152 valence electrons. The average molecular weight is 397 g/mol. The third kappa shape index (κ3) is 5.56. The molecule has 0 amide bonds. The maximum Gasteiger partial charge on any atom is 0.407 e. The highest BCUT2D eigenvalue weighted by atomic mass is 28.4. The molecule has 2 nitrogen and oxygen atoms in total. The first-order valence-corrected chi connectivity index (χ1v) is 12.8. The molecule has 3 heteroatoms. The molecule has 0 unspecified atom stereocenters. The molecule has 0 aromatic heterocycles. The fourth-order valence-corrected chi connectivity index (χ4v) is 7.51. The Bertz CT molecular complexity index is 639. The molecule has 0 radical (unpaired) electrons. The topological polar surface area (TPSA) is 18.5 Å². The lowest BCUT2D eigenvalue weighted by molar-refractivity contribution is 0.0888. The van der Waals surface area contributed by atoms with E-state index in [1.807, 2.05) is 0 Å². The molecule has 1 fully saturated rings. The van der Waals surface area contributed by atoms with E-state index >= 15 is 0 Å². The molecule has 28 heavy (non-hydrogen) atoms. The normalized spacial score (nSPS) is 20.4. The van der Waals surface area contributed by atoms with Gasteiger partial charge in [-0.25, -0.2) is 0 Å². The minimum absolute atomic E-state index is 0.299. The summed E-state index contributed by atoms with van der Waals surface area (Å²) in [6, 6.07) is 21.4. The van der Waals surface area contributed by atoms with Gasteiger partial charge in [-0.2, -0.15) is 0 Å². The molecule has 2 aromatic carbocycles. The van der Waals surface area contributed by atoms with E-state index in [0.29, 0.717) is 12.0 Å². The zero-order chi connectivity index (χ0) is 19.8. The van der Waals surface area contributed by atoms with Gasteiger partial charge in [0.05, 0.1) is 0 Å². The van der Waals surface area contributed by atoms with Crippen LogP contribution in [0.2, 0.25) is 0 Å². The Morgan fingerprint density at radius 1 is 0.857 bits per heavy atom. The largest absolute Gasteiger partial charge is 0.407 e. The average Bonchev–Trinajstić information content (AvgIpc) is 2.73. The van der Waals surface area contributed by atoms with Gasteiger partial charge in [0, 0.05) is 12.7 Å². The van der Waals surface area contributed by atoms with Gasteiger partial charge >= 0.3 is 8.56 Å². The van der Waals surface area contributed by atoms with Crippen molar-refractivity contribution in [3.05, 3.63) is 60.7 Å². The summed E-state index contributed by atoms with van der Waals surface area (Å²) < 4.78 is 13.8. The van der Waals surface area contributed by atoms with Crippen LogP contribution in [0.25, 0.3) is 0 Å². The fraction of sp³-hybridized carbons (Fsp3) is 0.520. The molecule has 1 aliphatic carbocycles. The van der Waals surface area contributed by atoms with Crippen LogP contribution in [0.3, 0.4) is 0 Å². The van der Waals surface area contributed by atoms with Crippen LogP contribution in [-0.4, -0.2) is 21.3 Å². The van der Waals surface area contributed by atoms with Crippen LogP contribution in [0.4, 0.5) is 0 Å². The highest BCUT2D eigenvalue weighted by molar-refractivity contribution is 6.92. The molecule has 3 rings (SSSR count). The second-order valence-electron chi connectivity index (χ2n) is 8.73. The van der Waals surface area contributed by atoms with Gasteiger partial charge in [-0.3, -0.25) is 0 Å². The quantitative estimate of drug-likeness (QED) is 0.423. The van der Waals surface area contributed by atoms with E-state index in [0.717, 1.165) is 31.8 Å². The molecule has 0 saturated heterocycles. The van der Waals surface area contributed by atoms with Crippen molar-refractivity contribution in [1.82, 2.24) is 0 Å². The zero-order valence-corrected chi connectivity index (χ0v) is 18.8. The van der Waals surface area contributed by atoms with Gasteiger partial charge in [0.2, 0.25) is 0 Å². The molecule has 0 heterocycles. The number of hydrogen-bond acceptors (Lipinski definition) is 2. The van der Waals surface area contributed by atoms with Gasteiger partial charge in [0.15, 0.2) is 0 Å². The minimum atomic E-state index is -2.73. The fourth-order valence-electron chi connectivity index (χ4n) is 4.11. The second-order valence-corrected chi connectivity index (χ2v) is 11.6. The Labute approximate surface area is 172 Å². The molecular formula is C25H36O2Si. The van der Waals surface area contributed by atoms with Gasteiger partial charge in [0.1, 0.15) is 0 Å². The monoisotopic (exact) mass is 396 g/mol. The van der Waals surface area contributed by atoms with E-state index in [1.165, 1.54) is 29.6 Å². The van der Waals surface area contributed by atoms with E-state index in [2.05, 4.69) is 81.4 Å². The Morgan fingerprint density at radius 2 is 1.39 bits per heavy atom. The van der Waals surface area contributed by atoms with Crippen LogP contribution >= 0.6 is 0 Å². The lowest BCUT2D eigenvalue weighted by atomic mass is 9.89. The Morgan fingerprint density at radius 3 is 1.89 bits per heavy atom. The van der Waals surface area contributed by atoms with Crippen LogP contribution in [-0.2, 0) is 8.85 Å². The second kappa shape index (κ2) is 10.4. The molecule has 0 bridgehead atoms. The highest BCUT2D eigenvalue weighted by Crippen LogP contribution is 2.28. The predicted octanol–water partition coefficient (Wildman–Crippen LogP) is 5.29. The van der Waals surface area contributed by atoms with E-state index in [1.54, 1.807) is 0 Å². The first-order chi connectivity index (χ1) is 13.6. The molecule has 0 aliphatic heterocycles. The van der Waals surface area contributed by atoms with E-state index in [4.69, 9.17) is 8.85 Å². The van der Waals surface area contributed by atoms with Crippen LogP contribution in [0.15, 0.2) is 60.7 Å². The Balaban J connectivity index is 1.91. The first kappa shape index (κ1) is 21.3. The van der Waals surface area contributed by atoms with Gasteiger partial charge < -0.3 is 8.85 Å². The molecular weight excluding hydrogens is 360 g/mol. The molecule has 0 spiro atoms. The summed E-state index contributed by atoms with van der Waals surface area (Å²) in [6.07, 6.45) is 7.37. The van der Waals surface area contributed by atoms with Crippen molar-refractivity contribution >= 4 is 18.9 Å². The maximum atomic E-state index is 7.02. The molecule has 0 atom stereocenters. The van der Waals surface area contributed by atoms with Crippen molar-refractivity contribution in [3.8, 4) is 0 Å². The number of benzene rings is 2. The van der Waals surface area contributed by atoms with Crippen molar-refractivity contribution < 1.29 is 8.85 Å². The SMILES string of the molecule is CC(C)CCCO[Si](OC1CCC(C)CC1)(c1ccccc1)c1ccccc1. The van der Waals surface area contributed by atoms with Crippen molar-refractivity contribution in [1.29, 1.82) is 0 Å². The number of rotatable bonds is 9.